The molecule has 122 valence electrons. The number of esters is 1. The highest BCUT2D eigenvalue weighted by Crippen LogP contribution is 2.29. The number of rotatable bonds is 6. The molecule has 1 atom stereocenters. The highest BCUT2D eigenvalue weighted by atomic mass is 35.5. The van der Waals surface area contributed by atoms with Gasteiger partial charge in [0.25, 0.3) is 0 Å². The van der Waals surface area contributed by atoms with Crippen LogP contribution in [0.25, 0.3) is 0 Å². The molecule has 0 saturated carbocycles. The SMILES string of the molecule is CCOC(=O)C(N)Cc1c(F)cccc1Oc1ccc(Cl)cc1. The van der Waals surface area contributed by atoms with Crippen LogP contribution in [0.1, 0.15) is 12.5 Å². The summed E-state index contributed by atoms with van der Waals surface area (Å²) in [5.74, 6) is -0.262. The van der Waals surface area contributed by atoms with Gasteiger partial charge in [0.05, 0.1) is 6.61 Å². The van der Waals surface area contributed by atoms with Crippen LogP contribution in [0.3, 0.4) is 0 Å². The Morgan fingerprint density at radius 1 is 1.26 bits per heavy atom. The van der Waals surface area contributed by atoms with Gasteiger partial charge in [-0.15, -0.1) is 0 Å². The first kappa shape index (κ1) is 17.2. The van der Waals surface area contributed by atoms with Gasteiger partial charge in [-0.3, -0.25) is 4.79 Å². The van der Waals surface area contributed by atoms with Crippen LogP contribution in [0.4, 0.5) is 4.39 Å². The van der Waals surface area contributed by atoms with E-state index in [0.29, 0.717) is 16.5 Å². The van der Waals surface area contributed by atoms with Crippen LogP contribution in [0.5, 0.6) is 11.5 Å². The second kappa shape index (κ2) is 7.94. The standard InChI is InChI=1S/C17H17ClFNO3/c1-2-22-17(21)15(20)10-13-14(19)4-3-5-16(13)23-12-8-6-11(18)7-9-12/h3-9,15H,2,10,20H2,1H3. The molecule has 0 radical (unpaired) electrons. The zero-order chi connectivity index (χ0) is 16.8. The molecule has 0 heterocycles. The van der Waals surface area contributed by atoms with E-state index in [0.717, 1.165) is 0 Å². The predicted octanol–water partition coefficient (Wildman–Crippen LogP) is 3.70. The first-order chi connectivity index (χ1) is 11.0. The maximum atomic E-state index is 14.1. The molecule has 0 aliphatic rings. The van der Waals surface area contributed by atoms with E-state index in [9.17, 15) is 9.18 Å². The molecule has 23 heavy (non-hydrogen) atoms. The largest absolute Gasteiger partial charge is 0.465 e. The van der Waals surface area contributed by atoms with Crippen LogP contribution in [-0.4, -0.2) is 18.6 Å². The summed E-state index contributed by atoms with van der Waals surface area (Å²) in [6, 6.07) is 10.2. The van der Waals surface area contributed by atoms with E-state index in [1.54, 1.807) is 37.3 Å². The molecule has 6 heteroatoms. The lowest BCUT2D eigenvalue weighted by Gasteiger charge is -2.15. The molecular formula is C17H17ClFNO3. The lowest BCUT2D eigenvalue weighted by molar-refractivity contribution is -0.144. The molecule has 0 aliphatic heterocycles. The Labute approximate surface area is 139 Å². The summed E-state index contributed by atoms with van der Waals surface area (Å²) in [5.41, 5.74) is 6.00. The van der Waals surface area contributed by atoms with Gasteiger partial charge in [-0.25, -0.2) is 4.39 Å². The molecule has 2 aromatic carbocycles. The molecule has 2 aromatic rings. The lowest BCUT2D eigenvalue weighted by Crippen LogP contribution is -2.34. The number of benzene rings is 2. The van der Waals surface area contributed by atoms with Gasteiger partial charge < -0.3 is 15.2 Å². The van der Waals surface area contributed by atoms with Crippen molar-refractivity contribution in [1.82, 2.24) is 0 Å². The topological polar surface area (TPSA) is 61.5 Å². The molecule has 0 aliphatic carbocycles. The zero-order valence-corrected chi connectivity index (χ0v) is 13.3. The fraction of sp³-hybridized carbons (Fsp3) is 0.235. The van der Waals surface area contributed by atoms with Crippen molar-refractivity contribution in [1.29, 1.82) is 0 Å². The van der Waals surface area contributed by atoms with E-state index in [-0.39, 0.29) is 18.6 Å². The average molecular weight is 338 g/mol. The van der Waals surface area contributed by atoms with Gasteiger partial charge in [0.1, 0.15) is 23.4 Å². The summed E-state index contributed by atoms with van der Waals surface area (Å²) in [7, 11) is 0. The highest BCUT2D eigenvalue weighted by molar-refractivity contribution is 6.30. The van der Waals surface area contributed by atoms with Crippen molar-refractivity contribution in [3.05, 3.63) is 58.9 Å². The third-order valence-corrected chi connectivity index (χ3v) is 3.38. The molecule has 2 rings (SSSR count). The molecule has 0 amide bonds. The Morgan fingerprint density at radius 2 is 1.96 bits per heavy atom. The van der Waals surface area contributed by atoms with E-state index >= 15 is 0 Å². The average Bonchev–Trinajstić information content (AvgIpc) is 2.53. The Morgan fingerprint density at radius 3 is 2.61 bits per heavy atom. The van der Waals surface area contributed by atoms with Crippen molar-refractivity contribution in [2.45, 2.75) is 19.4 Å². The molecule has 1 unspecified atom stereocenters. The van der Waals surface area contributed by atoms with Gasteiger partial charge in [0, 0.05) is 17.0 Å². The molecule has 0 fully saturated rings. The van der Waals surface area contributed by atoms with Crippen molar-refractivity contribution in [3.63, 3.8) is 0 Å². The monoisotopic (exact) mass is 337 g/mol. The van der Waals surface area contributed by atoms with E-state index in [1.165, 1.54) is 12.1 Å². The van der Waals surface area contributed by atoms with E-state index in [2.05, 4.69) is 0 Å². The minimum absolute atomic E-state index is 0.0194. The van der Waals surface area contributed by atoms with E-state index in [1.807, 2.05) is 0 Å². The van der Waals surface area contributed by atoms with E-state index < -0.39 is 17.8 Å². The third-order valence-electron chi connectivity index (χ3n) is 3.13. The minimum atomic E-state index is -0.959. The maximum Gasteiger partial charge on any atom is 0.323 e. The third kappa shape index (κ3) is 4.68. The van der Waals surface area contributed by atoms with Crippen molar-refractivity contribution < 1.29 is 18.7 Å². The fourth-order valence-electron chi connectivity index (χ4n) is 2.01. The summed E-state index contributed by atoms with van der Waals surface area (Å²) in [6.45, 7) is 1.90. The first-order valence-corrected chi connectivity index (χ1v) is 7.52. The Hall–Kier alpha value is -2.11. The smallest absolute Gasteiger partial charge is 0.323 e. The summed E-state index contributed by atoms with van der Waals surface area (Å²) in [5, 5.41) is 0.571. The number of hydrogen-bond donors (Lipinski definition) is 1. The zero-order valence-electron chi connectivity index (χ0n) is 12.6. The van der Waals surface area contributed by atoms with Crippen LogP contribution >= 0.6 is 11.6 Å². The molecule has 0 aromatic heterocycles. The van der Waals surface area contributed by atoms with Crippen LogP contribution in [0.15, 0.2) is 42.5 Å². The number of halogens is 2. The molecule has 0 spiro atoms. The predicted molar refractivity (Wildman–Crippen MR) is 86.2 cm³/mol. The van der Waals surface area contributed by atoms with Crippen molar-refractivity contribution in [3.8, 4) is 11.5 Å². The lowest BCUT2D eigenvalue weighted by atomic mass is 10.0. The second-order valence-electron chi connectivity index (χ2n) is 4.84. The van der Waals surface area contributed by atoms with Crippen molar-refractivity contribution in [2.75, 3.05) is 6.61 Å². The number of nitrogens with two attached hydrogens (primary N) is 1. The van der Waals surface area contributed by atoms with E-state index in [4.69, 9.17) is 26.8 Å². The molecule has 0 saturated heterocycles. The summed E-state index contributed by atoms with van der Waals surface area (Å²) >= 11 is 5.82. The Bertz CT molecular complexity index is 676. The van der Waals surface area contributed by atoms with Gasteiger partial charge in [-0.2, -0.15) is 0 Å². The molecular weight excluding hydrogens is 321 g/mol. The van der Waals surface area contributed by atoms with Crippen LogP contribution in [0.2, 0.25) is 5.02 Å². The van der Waals surface area contributed by atoms with Crippen molar-refractivity contribution >= 4 is 17.6 Å². The quantitative estimate of drug-likeness (QED) is 0.816. The Kier molecular flexibility index (Phi) is 5.96. The number of carbonyl (C=O) groups is 1. The second-order valence-corrected chi connectivity index (χ2v) is 5.27. The highest BCUT2D eigenvalue weighted by Gasteiger charge is 2.20. The number of ether oxygens (including phenoxy) is 2. The summed E-state index contributed by atoms with van der Waals surface area (Å²) in [6.07, 6.45) is -0.0194. The van der Waals surface area contributed by atoms with Crippen LogP contribution in [-0.2, 0) is 16.0 Å². The van der Waals surface area contributed by atoms with Crippen LogP contribution < -0.4 is 10.5 Å². The molecule has 0 bridgehead atoms. The molecule has 4 nitrogen and oxygen atoms in total. The Balaban J connectivity index is 2.22. The van der Waals surface area contributed by atoms with Gasteiger partial charge >= 0.3 is 5.97 Å². The maximum absolute atomic E-state index is 14.1. The number of carbonyl (C=O) groups excluding carboxylic acids is 1. The normalized spacial score (nSPS) is 11.8. The van der Waals surface area contributed by atoms with Gasteiger partial charge in [-0.05, 0) is 43.3 Å². The van der Waals surface area contributed by atoms with Gasteiger partial charge in [0.15, 0.2) is 0 Å². The van der Waals surface area contributed by atoms with Crippen molar-refractivity contribution in [2.24, 2.45) is 5.73 Å². The molecule has 2 N–H and O–H groups in total. The van der Waals surface area contributed by atoms with Gasteiger partial charge in [-0.1, -0.05) is 17.7 Å². The first-order valence-electron chi connectivity index (χ1n) is 7.14. The number of hydrogen-bond acceptors (Lipinski definition) is 4. The summed E-state index contributed by atoms with van der Waals surface area (Å²) in [4.78, 5) is 11.6. The van der Waals surface area contributed by atoms with Gasteiger partial charge in [0.2, 0.25) is 0 Å². The van der Waals surface area contributed by atoms with Crippen LogP contribution in [0, 0.1) is 5.82 Å². The minimum Gasteiger partial charge on any atom is -0.465 e. The summed E-state index contributed by atoms with van der Waals surface area (Å²) < 4.78 is 24.6. The fourth-order valence-corrected chi connectivity index (χ4v) is 2.14.